The van der Waals surface area contributed by atoms with Gasteiger partial charge in [-0.25, -0.2) is 19.4 Å². The number of alkyl halides is 6. The largest absolute Gasteiger partial charge is 0.490 e. The number of carbonyl (C=O) groups is 2. The molecule has 0 aromatic carbocycles. The number of ether oxygens (including phenoxy) is 1. The van der Waals surface area contributed by atoms with E-state index < -0.39 is 23.9 Å². The normalized spacial score (nSPS) is 20.2. The summed E-state index contributed by atoms with van der Waals surface area (Å²) in [6.45, 7) is 1.60. The maximum atomic E-state index is 12.8. The maximum absolute atomic E-state index is 12.8. The molecule has 0 saturated carbocycles. The fourth-order valence-corrected chi connectivity index (χ4v) is 3.44. The Morgan fingerprint density at radius 1 is 1.26 bits per heavy atom. The SMILES string of the molecule is COC[C@@H]1C[C@@H](N2Cc3cnc(-n4cc(C(F)(F)F)cn4)nc3C2=O)CN1.O=C(O)C(F)(F)F. The fraction of sp³-hybridized carbons (Fsp3) is 0.500. The van der Waals surface area contributed by atoms with E-state index in [9.17, 15) is 31.1 Å². The first kappa shape index (κ1) is 25.4. The van der Waals surface area contributed by atoms with E-state index in [1.807, 2.05) is 0 Å². The summed E-state index contributed by atoms with van der Waals surface area (Å²) in [6.07, 6.45) is -5.85. The van der Waals surface area contributed by atoms with Crippen molar-refractivity contribution in [2.45, 2.75) is 37.4 Å². The van der Waals surface area contributed by atoms with E-state index in [1.54, 1.807) is 12.0 Å². The molecule has 2 aliphatic heterocycles. The minimum atomic E-state index is -5.08. The third kappa shape index (κ3) is 5.61. The van der Waals surface area contributed by atoms with Gasteiger partial charge in [0.25, 0.3) is 11.9 Å². The summed E-state index contributed by atoms with van der Waals surface area (Å²) in [5.74, 6) is -3.07. The third-order valence-corrected chi connectivity index (χ3v) is 5.02. The molecule has 2 atom stereocenters. The van der Waals surface area contributed by atoms with Gasteiger partial charge in [-0.3, -0.25) is 4.79 Å². The van der Waals surface area contributed by atoms with Crippen LogP contribution >= 0.6 is 0 Å². The van der Waals surface area contributed by atoms with Crippen molar-refractivity contribution in [2.24, 2.45) is 0 Å². The van der Waals surface area contributed by atoms with Gasteiger partial charge in [0.2, 0.25) is 0 Å². The Labute approximate surface area is 187 Å². The Morgan fingerprint density at radius 2 is 1.94 bits per heavy atom. The van der Waals surface area contributed by atoms with Gasteiger partial charge in [-0.2, -0.15) is 31.4 Å². The molecule has 0 radical (unpaired) electrons. The van der Waals surface area contributed by atoms with E-state index >= 15 is 0 Å². The molecule has 1 saturated heterocycles. The van der Waals surface area contributed by atoms with Crippen molar-refractivity contribution in [3.05, 3.63) is 35.4 Å². The first-order valence-corrected chi connectivity index (χ1v) is 9.62. The number of hydrogen-bond donors (Lipinski definition) is 2. The molecule has 0 spiro atoms. The second-order valence-electron chi connectivity index (χ2n) is 7.40. The van der Waals surface area contributed by atoms with Gasteiger partial charge >= 0.3 is 18.3 Å². The molecule has 4 heterocycles. The smallest absolute Gasteiger partial charge is 0.475 e. The van der Waals surface area contributed by atoms with Crippen molar-refractivity contribution in [3.63, 3.8) is 0 Å². The van der Waals surface area contributed by atoms with E-state index in [1.165, 1.54) is 6.20 Å². The highest BCUT2D eigenvalue weighted by Crippen LogP contribution is 2.30. The molecule has 186 valence electrons. The topological polar surface area (TPSA) is 122 Å². The van der Waals surface area contributed by atoms with Crippen LogP contribution in [0.4, 0.5) is 26.3 Å². The van der Waals surface area contributed by atoms with Crippen LogP contribution in [0.15, 0.2) is 18.6 Å². The average Bonchev–Trinajstić information content (AvgIpc) is 3.47. The van der Waals surface area contributed by atoms with E-state index in [0.29, 0.717) is 31.5 Å². The number of aromatic nitrogens is 4. The molecule has 2 N–H and O–H groups in total. The van der Waals surface area contributed by atoms with Crippen molar-refractivity contribution in [1.29, 1.82) is 0 Å². The van der Waals surface area contributed by atoms with Crippen molar-refractivity contribution < 1.29 is 45.8 Å². The van der Waals surface area contributed by atoms with Gasteiger partial charge < -0.3 is 20.1 Å². The standard InChI is InChI=1S/C16H17F3N6O2.C2HF3O2/c1-27-8-11-2-12(5-20-11)24-6-9-3-21-15(23-13(9)14(24)26)25-7-10(4-22-25)16(17,18)19;3-2(4,5)1(6)7/h3-4,7,11-12,20H,2,5-6,8H2,1H3;(H,6,7)/t11-,12+;/m0./s1. The van der Waals surface area contributed by atoms with Crippen molar-refractivity contribution >= 4 is 11.9 Å². The summed E-state index contributed by atoms with van der Waals surface area (Å²) in [5.41, 5.74) is -0.0397. The van der Waals surface area contributed by atoms with Gasteiger partial charge in [0, 0.05) is 43.7 Å². The van der Waals surface area contributed by atoms with Crippen LogP contribution in [0.5, 0.6) is 0 Å². The highest BCUT2D eigenvalue weighted by Gasteiger charge is 2.39. The molecule has 1 fully saturated rings. The summed E-state index contributed by atoms with van der Waals surface area (Å²) >= 11 is 0. The van der Waals surface area contributed by atoms with Crippen molar-refractivity contribution in [2.75, 3.05) is 20.3 Å². The minimum Gasteiger partial charge on any atom is -0.475 e. The molecule has 10 nitrogen and oxygen atoms in total. The Bertz CT molecular complexity index is 1060. The fourth-order valence-electron chi connectivity index (χ4n) is 3.44. The lowest BCUT2D eigenvalue weighted by Gasteiger charge is -2.22. The summed E-state index contributed by atoms with van der Waals surface area (Å²) < 4.78 is 76.0. The maximum Gasteiger partial charge on any atom is 0.490 e. The lowest BCUT2D eigenvalue weighted by atomic mass is 10.1. The van der Waals surface area contributed by atoms with Crippen LogP contribution < -0.4 is 5.32 Å². The number of halogens is 6. The molecular formula is C18H18F6N6O4. The van der Waals surface area contributed by atoms with E-state index in [2.05, 4.69) is 20.4 Å². The average molecular weight is 496 g/mol. The first-order chi connectivity index (χ1) is 15.8. The highest BCUT2D eigenvalue weighted by molar-refractivity contribution is 5.96. The van der Waals surface area contributed by atoms with Crippen molar-refractivity contribution in [3.8, 4) is 5.95 Å². The number of nitrogens with zero attached hydrogens (tertiary/aromatic N) is 5. The lowest BCUT2D eigenvalue weighted by Crippen LogP contribution is -2.37. The van der Waals surface area contributed by atoms with E-state index in [0.717, 1.165) is 17.3 Å². The predicted molar refractivity (Wildman–Crippen MR) is 99.8 cm³/mol. The summed E-state index contributed by atoms with van der Waals surface area (Å²) in [5, 5.41) is 14.1. The van der Waals surface area contributed by atoms with Gasteiger partial charge in [0.1, 0.15) is 5.69 Å². The number of carboxylic acids is 1. The molecule has 0 bridgehead atoms. The second-order valence-corrected chi connectivity index (χ2v) is 7.40. The van der Waals surface area contributed by atoms with Crippen LogP contribution in [0.2, 0.25) is 0 Å². The molecule has 1 amide bonds. The number of carbonyl (C=O) groups excluding carboxylic acids is 1. The number of hydrogen-bond acceptors (Lipinski definition) is 7. The van der Waals surface area contributed by atoms with Gasteiger partial charge in [0.15, 0.2) is 0 Å². The number of nitrogens with one attached hydrogen (secondary N) is 1. The molecule has 4 rings (SSSR count). The number of aliphatic carboxylic acids is 1. The van der Waals surface area contributed by atoms with Gasteiger partial charge in [-0.1, -0.05) is 0 Å². The third-order valence-electron chi connectivity index (χ3n) is 5.02. The van der Waals surface area contributed by atoms with Crippen LogP contribution in [0, 0.1) is 0 Å². The number of methoxy groups -OCH3 is 1. The number of fused-ring (bicyclic) bond motifs is 1. The van der Waals surface area contributed by atoms with Gasteiger partial charge in [-0.05, 0) is 6.42 Å². The summed E-state index contributed by atoms with van der Waals surface area (Å²) in [4.78, 5) is 31.6. The molecule has 2 aromatic heterocycles. The Kier molecular flexibility index (Phi) is 7.11. The molecule has 16 heteroatoms. The van der Waals surface area contributed by atoms with E-state index in [-0.39, 0.29) is 29.6 Å². The van der Waals surface area contributed by atoms with Gasteiger partial charge in [0.05, 0.1) is 24.9 Å². The van der Waals surface area contributed by atoms with Crippen molar-refractivity contribution in [1.82, 2.24) is 30.0 Å². The van der Waals surface area contributed by atoms with Crippen LogP contribution in [0.25, 0.3) is 5.95 Å². The summed E-state index contributed by atoms with van der Waals surface area (Å²) in [6, 6.07) is 0.194. The lowest BCUT2D eigenvalue weighted by molar-refractivity contribution is -0.192. The predicted octanol–water partition coefficient (Wildman–Crippen LogP) is 1.65. The first-order valence-electron chi connectivity index (χ1n) is 9.62. The minimum absolute atomic E-state index is 0.0110. The molecule has 2 aliphatic rings. The molecular weight excluding hydrogens is 478 g/mol. The second kappa shape index (κ2) is 9.54. The van der Waals surface area contributed by atoms with Crippen LogP contribution in [-0.2, 0) is 22.3 Å². The Hall–Kier alpha value is -3.27. The van der Waals surface area contributed by atoms with Crippen LogP contribution in [-0.4, -0.2) is 80.2 Å². The monoisotopic (exact) mass is 496 g/mol. The molecule has 0 aliphatic carbocycles. The zero-order valence-electron chi connectivity index (χ0n) is 17.4. The highest BCUT2D eigenvalue weighted by atomic mass is 19.4. The molecule has 0 unspecified atom stereocenters. The Balaban J connectivity index is 0.000000406. The molecule has 2 aromatic rings. The van der Waals surface area contributed by atoms with Crippen LogP contribution in [0.1, 0.15) is 28.0 Å². The zero-order chi connectivity index (χ0) is 25.3. The number of rotatable bonds is 4. The van der Waals surface area contributed by atoms with Gasteiger partial charge in [-0.15, -0.1) is 0 Å². The number of carboxylic acid groups (broad SMARTS) is 1. The molecule has 34 heavy (non-hydrogen) atoms. The van der Waals surface area contributed by atoms with Crippen LogP contribution in [0.3, 0.4) is 0 Å². The Morgan fingerprint density at radius 3 is 2.50 bits per heavy atom. The quantitative estimate of drug-likeness (QED) is 0.613. The zero-order valence-corrected chi connectivity index (χ0v) is 17.4. The van der Waals surface area contributed by atoms with E-state index in [4.69, 9.17) is 14.6 Å². The number of amides is 1. The summed E-state index contributed by atoms with van der Waals surface area (Å²) in [7, 11) is 1.63.